The molecule has 1 aromatic carbocycles. The fourth-order valence-electron chi connectivity index (χ4n) is 3.38. The van der Waals surface area contributed by atoms with Gasteiger partial charge in [-0.05, 0) is 43.5 Å². The van der Waals surface area contributed by atoms with E-state index in [0.717, 1.165) is 12.8 Å². The summed E-state index contributed by atoms with van der Waals surface area (Å²) in [4.78, 5) is 14.0. The number of fused-ring (bicyclic) bond motifs is 1. The van der Waals surface area contributed by atoms with Crippen molar-refractivity contribution in [1.82, 2.24) is 4.90 Å². The summed E-state index contributed by atoms with van der Waals surface area (Å²) in [5.41, 5.74) is -0.488. The maximum atomic E-state index is 14.5. The molecule has 102 valence electrons. The Labute approximate surface area is 112 Å². The highest BCUT2D eigenvalue weighted by atomic mass is 19.1. The second kappa shape index (κ2) is 4.60. The first kappa shape index (κ1) is 12.6. The van der Waals surface area contributed by atoms with E-state index in [9.17, 15) is 14.3 Å². The quantitative estimate of drug-likeness (QED) is 0.851. The monoisotopic (exact) mass is 263 g/mol. The molecule has 3 rings (SSSR count). The number of carbonyl (C=O) groups is 1. The number of rotatable bonds is 3. The van der Waals surface area contributed by atoms with Crippen molar-refractivity contribution in [2.45, 2.75) is 24.9 Å². The molecule has 1 aliphatic carbocycles. The van der Waals surface area contributed by atoms with E-state index >= 15 is 0 Å². The van der Waals surface area contributed by atoms with Crippen LogP contribution in [0, 0.1) is 5.92 Å². The number of nitrogens with zero attached hydrogens (tertiary/aromatic N) is 1. The van der Waals surface area contributed by atoms with Crippen LogP contribution >= 0.6 is 0 Å². The lowest BCUT2D eigenvalue weighted by molar-refractivity contribution is 0.0927. The summed E-state index contributed by atoms with van der Waals surface area (Å²) in [6, 6.07) is 6.23. The highest BCUT2D eigenvalue weighted by Crippen LogP contribution is 2.44. The van der Waals surface area contributed by atoms with Crippen molar-refractivity contribution in [3.05, 3.63) is 29.8 Å². The molecule has 2 aliphatic rings. The van der Waals surface area contributed by atoms with Crippen molar-refractivity contribution in [2.75, 3.05) is 19.6 Å². The zero-order valence-electron chi connectivity index (χ0n) is 10.8. The van der Waals surface area contributed by atoms with E-state index in [-0.39, 0.29) is 24.0 Å². The number of benzene rings is 1. The van der Waals surface area contributed by atoms with Gasteiger partial charge in [-0.3, -0.25) is 9.69 Å². The molecule has 2 atom stereocenters. The van der Waals surface area contributed by atoms with Crippen LogP contribution in [0.3, 0.4) is 0 Å². The SMILES string of the molecule is O=C(CN1C[C@H]2CCC[C@@]2(F)C1)c1ccc(O)cc1. The molecule has 3 nitrogen and oxygen atoms in total. The number of hydrogen-bond acceptors (Lipinski definition) is 3. The van der Waals surface area contributed by atoms with E-state index in [2.05, 4.69) is 0 Å². The fraction of sp³-hybridized carbons (Fsp3) is 0.533. The second-order valence-corrected chi connectivity index (χ2v) is 5.76. The summed E-state index contributed by atoms with van der Waals surface area (Å²) in [5, 5.41) is 9.19. The average Bonchev–Trinajstić information content (AvgIpc) is 2.84. The standard InChI is InChI=1S/C15H18FNO2/c16-15-7-1-2-12(15)8-17(10-15)9-14(19)11-3-5-13(18)6-4-11/h3-6,12,18H,1-2,7-10H2/t12-,15-/m1/s1. The van der Waals surface area contributed by atoms with Crippen LogP contribution in [0.4, 0.5) is 4.39 Å². The van der Waals surface area contributed by atoms with E-state index in [1.54, 1.807) is 12.1 Å². The van der Waals surface area contributed by atoms with Gasteiger partial charge >= 0.3 is 0 Å². The van der Waals surface area contributed by atoms with Gasteiger partial charge in [-0.1, -0.05) is 0 Å². The van der Waals surface area contributed by atoms with Crippen LogP contribution < -0.4 is 0 Å². The molecule has 0 amide bonds. The third-order valence-electron chi connectivity index (χ3n) is 4.40. The molecular weight excluding hydrogens is 245 g/mol. The number of hydrogen-bond donors (Lipinski definition) is 1. The van der Waals surface area contributed by atoms with Gasteiger partial charge in [0.1, 0.15) is 11.4 Å². The normalized spacial score (nSPS) is 30.5. The van der Waals surface area contributed by atoms with Gasteiger partial charge in [0.25, 0.3) is 0 Å². The molecule has 19 heavy (non-hydrogen) atoms. The lowest BCUT2D eigenvalue weighted by atomic mass is 9.97. The van der Waals surface area contributed by atoms with Crippen molar-refractivity contribution >= 4 is 5.78 Å². The number of ketones is 1. The van der Waals surface area contributed by atoms with Crippen LogP contribution in [0.25, 0.3) is 0 Å². The summed E-state index contributed by atoms with van der Waals surface area (Å²) in [6.45, 7) is 1.36. The largest absolute Gasteiger partial charge is 0.508 e. The molecule has 1 heterocycles. The van der Waals surface area contributed by atoms with Crippen LogP contribution in [0.15, 0.2) is 24.3 Å². The second-order valence-electron chi connectivity index (χ2n) is 5.76. The smallest absolute Gasteiger partial charge is 0.176 e. The lowest BCUT2D eigenvalue weighted by Crippen LogP contribution is -2.32. The summed E-state index contributed by atoms with van der Waals surface area (Å²) in [5.74, 6) is 0.249. The van der Waals surface area contributed by atoms with Gasteiger partial charge in [0.2, 0.25) is 0 Å². The molecule has 0 aromatic heterocycles. The Morgan fingerprint density at radius 1 is 1.42 bits per heavy atom. The van der Waals surface area contributed by atoms with Crippen LogP contribution in [-0.2, 0) is 0 Å². The summed E-state index contributed by atoms with van der Waals surface area (Å²) >= 11 is 0. The van der Waals surface area contributed by atoms with Gasteiger partial charge in [-0.25, -0.2) is 4.39 Å². The topological polar surface area (TPSA) is 40.5 Å². The van der Waals surface area contributed by atoms with E-state index in [1.165, 1.54) is 12.1 Å². The molecule has 4 heteroatoms. The molecule has 0 radical (unpaired) electrons. The third-order valence-corrected chi connectivity index (χ3v) is 4.40. The number of carbonyl (C=O) groups excluding carboxylic acids is 1. The molecule has 1 aromatic rings. The van der Waals surface area contributed by atoms with E-state index in [1.807, 2.05) is 4.90 Å². The Hall–Kier alpha value is -1.42. The minimum atomic E-state index is -1.06. The Kier molecular flexibility index (Phi) is 3.05. The highest BCUT2D eigenvalue weighted by molar-refractivity contribution is 5.97. The molecule has 1 saturated carbocycles. The zero-order valence-corrected chi connectivity index (χ0v) is 10.8. The van der Waals surface area contributed by atoms with Crippen LogP contribution in [0.5, 0.6) is 5.75 Å². The van der Waals surface area contributed by atoms with Crippen molar-refractivity contribution in [2.24, 2.45) is 5.92 Å². The Balaban J connectivity index is 1.63. The molecule has 0 spiro atoms. The first-order valence-corrected chi connectivity index (χ1v) is 6.80. The number of alkyl halides is 1. The van der Waals surface area contributed by atoms with Crippen LogP contribution in [0.2, 0.25) is 0 Å². The van der Waals surface area contributed by atoms with Gasteiger partial charge in [0.05, 0.1) is 6.54 Å². The first-order valence-electron chi connectivity index (χ1n) is 6.80. The first-order chi connectivity index (χ1) is 9.07. The molecule has 0 unspecified atom stereocenters. The number of Topliss-reactive ketones (excluding diaryl/α,β-unsaturated/α-hetero) is 1. The van der Waals surface area contributed by atoms with Gasteiger partial charge in [0, 0.05) is 24.6 Å². The summed E-state index contributed by atoms with van der Waals surface area (Å²) in [7, 11) is 0. The minimum Gasteiger partial charge on any atom is -0.508 e. The maximum Gasteiger partial charge on any atom is 0.176 e. The van der Waals surface area contributed by atoms with E-state index in [4.69, 9.17) is 0 Å². The Bertz CT molecular complexity index is 487. The number of phenols is 1. The van der Waals surface area contributed by atoms with Gasteiger partial charge < -0.3 is 5.11 Å². The predicted octanol–water partition coefficient (Wildman–Crippen LogP) is 2.40. The predicted molar refractivity (Wildman–Crippen MR) is 70.1 cm³/mol. The molecule has 1 saturated heterocycles. The minimum absolute atomic E-state index is 0.0106. The van der Waals surface area contributed by atoms with Gasteiger partial charge in [0.15, 0.2) is 5.78 Å². The van der Waals surface area contributed by atoms with Crippen molar-refractivity contribution in [1.29, 1.82) is 0 Å². The Morgan fingerprint density at radius 3 is 2.84 bits per heavy atom. The van der Waals surface area contributed by atoms with Crippen LogP contribution in [-0.4, -0.2) is 41.1 Å². The van der Waals surface area contributed by atoms with Gasteiger partial charge in [-0.2, -0.15) is 0 Å². The third kappa shape index (κ3) is 2.37. The lowest BCUT2D eigenvalue weighted by Gasteiger charge is -2.18. The summed E-state index contributed by atoms with van der Waals surface area (Å²) < 4.78 is 14.5. The zero-order chi connectivity index (χ0) is 13.5. The number of likely N-dealkylation sites (tertiary alicyclic amines) is 1. The van der Waals surface area contributed by atoms with E-state index in [0.29, 0.717) is 25.1 Å². The maximum absolute atomic E-state index is 14.5. The molecular formula is C15H18FNO2. The fourth-order valence-corrected chi connectivity index (χ4v) is 3.38. The number of halogens is 1. The van der Waals surface area contributed by atoms with Crippen molar-refractivity contribution < 1.29 is 14.3 Å². The Morgan fingerprint density at radius 2 is 2.16 bits per heavy atom. The molecule has 2 fully saturated rings. The number of phenolic OH excluding ortho intramolecular Hbond substituents is 1. The number of aromatic hydroxyl groups is 1. The molecule has 1 N–H and O–H groups in total. The van der Waals surface area contributed by atoms with Crippen molar-refractivity contribution in [3.63, 3.8) is 0 Å². The summed E-state index contributed by atoms with van der Waals surface area (Å²) in [6.07, 6.45) is 2.56. The highest BCUT2D eigenvalue weighted by Gasteiger charge is 2.50. The van der Waals surface area contributed by atoms with Gasteiger partial charge in [-0.15, -0.1) is 0 Å². The average molecular weight is 263 g/mol. The van der Waals surface area contributed by atoms with Crippen LogP contribution in [0.1, 0.15) is 29.6 Å². The van der Waals surface area contributed by atoms with Crippen molar-refractivity contribution in [3.8, 4) is 5.75 Å². The molecule has 1 aliphatic heterocycles. The van der Waals surface area contributed by atoms with E-state index < -0.39 is 5.67 Å². The molecule has 0 bridgehead atoms.